The van der Waals surface area contributed by atoms with Crippen molar-refractivity contribution in [2.24, 2.45) is 0 Å². The number of fused-ring (bicyclic) bond motifs is 2. The molecule has 1 aliphatic heterocycles. The number of aromatic amines is 1. The van der Waals surface area contributed by atoms with Gasteiger partial charge in [-0.3, -0.25) is 4.90 Å². The van der Waals surface area contributed by atoms with Crippen LogP contribution >= 0.6 is 0 Å². The molecule has 0 bridgehead atoms. The molecule has 1 atom stereocenters. The van der Waals surface area contributed by atoms with Crippen molar-refractivity contribution in [2.75, 3.05) is 32.6 Å². The lowest BCUT2D eigenvalue weighted by Gasteiger charge is -2.26. The molecule has 4 rings (SSSR count). The highest BCUT2D eigenvalue weighted by molar-refractivity contribution is 5.85. The number of aryl methyl sites for hydroxylation is 1. The van der Waals surface area contributed by atoms with Crippen LogP contribution in [0.1, 0.15) is 28.4 Å². The second-order valence-electron chi connectivity index (χ2n) is 7.14. The van der Waals surface area contributed by atoms with Crippen LogP contribution in [0.2, 0.25) is 0 Å². The lowest BCUT2D eigenvalue weighted by Crippen LogP contribution is -2.21. The first-order valence-electron chi connectivity index (χ1n) is 8.64. The predicted octanol–water partition coefficient (Wildman–Crippen LogP) is 4.12. The summed E-state index contributed by atoms with van der Waals surface area (Å²) in [5.74, 6) is 0. The van der Waals surface area contributed by atoms with E-state index in [-0.39, 0.29) is 6.04 Å². The third kappa shape index (κ3) is 2.31. The Hall–Kier alpha value is -2.26. The molecule has 0 saturated heterocycles. The van der Waals surface area contributed by atoms with E-state index in [1.807, 2.05) is 0 Å². The maximum atomic E-state index is 3.56. The normalized spacial score (nSPS) is 15.3. The van der Waals surface area contributed by atoms with Crippen molar-refractivity contribution in [3.63, 3.8) is 0 Å². The van der Waals surface area contributed by atoms with Crippen molar-refractivity contribution in [3.05, 3.63) is 64.8 Å². The number of likely N-dealkylation sites (N-methyl/N-ethyl adjacent to an activating group) is 1. The zero-order valence-electron chi connectivity index (χ0n) is 14.9. The number of hydrogen-bond acceptors (Lipinski definition) is 2. The average molecular weight is 319 g/mol. The first kappa shape index (κ1) is 15.3. The number of benzene rings is 2. The predicted molar refractivity (Wildman–Crippen MR) is 102 cm³/mol. The van der Waals surface area contributed by atoms with E-state index in [1.54, 1.807) is 0 Å². The molecule has 0 aliphatic carbocycles. The van der Waals surface area contributed by atoms with E-state index in [9.17, 15) is 0 Å². The van der Waals surface area contributed by atoms with E-state index in [1.165, 1.54) is 39.0 Å². The van der Waals surface area contributed by atoms with Gasteiger partial charge in [-0.25, -0.2) is 0 Å². The number of nitrogens with one attached hydrogen (secondary N) is 1. The fourth-order valence-corrected chi connectivity index (χ4v) is 4.13. The van der Waals surface area contributed by atoms with Crippen LogP contribution in [0.25, 0.3) is 10.9 Å². The second kappa shape index (κ2) is 5.67. The summed E-state index contributed by atoms with van der Waals surface area (Å²) < 4.78 is 0. The van der Waals surface area contributed by atoms with Crippen LogP contribution in [-0.2, 0) is 6.42 Å². The minimum absolute atomic E-state index is 0.261. The molecule has 3 heteroatoms. The van der Waals surface area contributed by atoms with Crippen LogP contribution in [0.4, 0.5) is 5.69 Å². The van der Waals surface area contributed by atoms with Gasteiger partial charge in [0.25, 0.3) is 0 Å². The van der Waals surface area contributed by atoms with Crippen molar-refractivity contribution < 1.29 is 0 Å². The van der Waals surface area contributed by atoms with Crippen LogP contribution < -0.4 is 4.90 Å². The Balaban J connectivity index is 1.88. The lowest BCUT2D eigenvalue weighted by atomic mass is 9.93. The Bertz CT molecular complexity index is 891. The minimum Gasteiger partial charge on any atom is -0.374 e. The van der Waals surface area contributed by atoms with Gasteiger partial charge >= 0.3 is 0 Å². The van der Waals surface area contributed by atoms with Gasteiger partial charge in [0.15, 0.2) is 0 Å². The minimum atomic E-state index is 0.261. The topological polar surface area (TPSA) is 22.3 Å². The van der Waals surface area contributed by atoms with Crippen molar-refractivity contribution in [1.82, 2.24) is 9.88 Å². The van der Waals surface area contributed by atoms with E-state index < -0.39 is 0 Å². The SMILES string of the molecule is Cc1[nH]c2ccccc2c1C(c1ccc2c(c1)CCN2C)N(C)C. The van der Waals surface area contributed by atoms with E-state index in [2.05, 4.69) is 85.3 Å². The number of nitrogens with zero attached hydrogens (tertiary/aromatic N) is 2. The molecule has 0 saturated carbocycles. The van der Waals surface area contributed by atoms with Crippen LogP contribution in [-0.4, -0.2) is 37.6 Å². The number of rotatable bonds is 3. The molecule has 0 amide bonds. The Kier molecular flexibility index (Phi) is 3.61. The Morgan fingerprint density at radius 1 is 1.12 bits per heavy atom. The summed E-state index contributed by atoms with van der Waals surface area (Å²) in [6.07, 6.45) is 1.15. The monoisotopic (exact) mass is 319 g/mol. The van der Waals surface area contributed by atoms with E-state index in [0.29, 0.717) is 0 Å². The van der Waals surface area contributed by atoms with Gasteiger partial charge in [-0.05, 0) is 50.7 Å². The molecule has 2 heterocycles. The van der Waals surface area contributed by atoms with Gasteiger partial charge in [0.2, 0.25) is 0 Å². The van der Waals surface area contributed by atoms with Gasteiger partial charge in [-0.2, -0.15) is 0 Å². The molecule has 3 aromatic rings. The zero-order valence-corrected chi connectivity index (χ0v) is 14.9. The van der Waals surface area contributed by atoms with Crippen LogP contribution in [0.3, 0.4) is 0 Å². The molecule has 0 radical (unpaired) electrons. The van der Waals surface area contributed by atoms with Crippen LogP contribution in [0, 0.1) is 6.92 Å². The summed E-state index contributed by atoms with van der Waals surface area (Å²) in [4.78, 5) is 8.23. The van der Waals surface area contributed by atoms with E-state index >= 15 is 0 Å². The summed E-state index contributed by atoms with van der Waals surface area (Å²) in [6.45, 7) is 3.31. The van der Waals surface area contributed by atoms with Crippen molar-refractivity contribution in [3.8, 4) is 0 Å². The van der Waals surface area contributed by atoms with Gasteiger partial charge in [-0.15, -0.1) is 0 Å². The summed E-state index contributed by atoms with van der Waals surface area (Å²) in [7, 11) is 6.52. The Morgan fingerprint density at radius 2 is 1.92 bits per heavy atom. The van der Waals surface area contributed by atoms with E-state index in [4.69, 9.17) is 0 Å². The maximum Gasteiger partial charge on any atom is 0.0620 e. The zero-order chi connectivity index (χ0) is 16.8. The van der Waals surface area contributed by atoms with Gasteiger partial charge in [-0.1, -0.05) is 30.3 Å². The molecule has 124 valence electrons. The molecule has 0 fully saturated rings. The summed E-state index contributed by atoms with van der Waals surface area (Å²) in [5, 5.41) is 1.33. The standard InChI is InChI=1S/C21H25N3/c1-14-20(17-7-5-6-8-18(17)22-14)21(23(2)3)16-9-10-19-15(13-16)11-12-24(19)4/h5-10,13,21-22H,11-12H2,1-4H3. The fraction of sp³-hybridized carbons (Fsp3) is 0.333. The summed E-state index contributed by atoms with van der Waals surface area (Å²) >= 11 is 0. The van der Waals surface area contributed by atoms with Crippen molar-refractivity contribution in [2.45, 2.75) is 19.4 Å². The molecule has 3 nitrogen and oxygen atoms in total. The molecule has 0 spiro atoms. The maximum absolute atomic E-state index is 3.56. The van der Waals surface area contributed by atoms with Crippen LogP contribution in [0.5, 0.6) is 0 Å². The lowest BCUT2D eigenvalue weighted by molar-refractivity contribution is 0.343. The highest BCUT2D eigenvalue weighted by Crippen LogP contribution is 2.37. The molecule has 1 aliphatic rings. The number of H-pyrrole nitrogens is 1. The van der Waals surface area contributed by atoms with Gasteiger partial charge in [0.1, 0.15) is 0 Å². The second-order valence-corrected chi connectivity index (χ2v) is 7.14. The molecule has 1 unspecified atom stereocenters. The fourth-order valence-electron chi connectivity index (χ4n) is 4.13. The first-order chi connectivity index (χ1) is 11.6. The number of aromatic nitrogens is 1. The van der Waals surface area contributed by atoms with E-state index in [0.717, 1.165) is 13.0 Å². The van der Waals surface area contributed by atoms with Gasteiger partial charge in [0, 0.05) is 41.4 Å². The molecular formula is C21H25N3. The molecular weight excluding hydrogens is 294 g/mol. The Labute approximate surface area is 143 Å². The number of hydrogen-bond donors (Lipinski definition) is 1. The third-order valence-electron chi connectivity index (χ3n) is 5.28. The Morgan fingerprint density at radius 3 is 2.71 bits per heavy atom. The highest BCUT2D eigenvalue weighted by atomic mass is 15.1. The van der Waals surface area contributed by atoms with Crippen molar-refractivity contribution >= 4 is 16.6 Å². The number of anilines is 1. The average Bonchev–Trinajstić information content (AvgIpc) is 3.08. The van der Waals surface area contributed by atoms with Gasteiger partial charge < -0.3 is 9.88 Å². The summed E-state index contributed by atoms with van der Waals surface area (Å²) in [5.41, 5.74) is 8.10. The van der Waals surface area contributed by atoms with Crippen molar-refractivity contribution in [1.29, 1.82) is 0 Å². The third-order valence-corrected chi connectivity index (χ3v) is 5.28. The van der Waals surface area contributed by atoms with Crippen LogP contribution in [0.15, 0.2) is 42.5 Å². The summed E-state index contributed by atoms with van der Waals surface area (Å²) in [6, 6.07) is 15.9. The number of para-hydroxylation sites is 1. The van der Waals surface area contributed by atoms with Gasteiger partial charge in [0.05, 0.1) is 6.04 Å². The highest BCUT2D eigenvalue weighted by Gasteiger charge is 2.25. The molecule has 2 aromatic carbocycles. The molecule has 1 N–H and O–H groups in total. The largest absolute Gasteiger partial charge is 0.374 e. The molecule has 24 heavy (non-hydrogen) atoms. The smallest absolute Gasteiger partial charge is 0.0620 e. The first-order valence-corrected chi connectivity index (χ1v) is 8.64. The molecule has 1 aromatic heterocycles. The quantitative estimate of drug-likeness (QED) is 0.784.